The van der Waals surface area contributed by atoms with Crippen molar-refractivity contribution < 1.29 is 9.53 Å². The quantitative estimate of drug-likeness (QED) is 0.652. The van der Waals surface area contributed by atoms with Crippen molar-refractivity contribution >= 4 is 17.4 Å². The fourth-order valence-corrected chi connectivity index (χ4v) is 3.35. The van der Waals surface area contributed by atoms with Crippen molar-refractivity contribution in [1.29, 1.82) is 0 Å². The van der Waals surface area contributed by atoms with Crippen LogP contribution in [-0.4, -0.2) is 29.1 Å². The van der Waals surface area contributed by atoms with Crippen molar-refractivity contribution in [2.45, 2.75) is 47.1 Å². The average Bonchev–Trinajstić information content (AvgIpc) is 2.68. The molecule has 0 aliphatic carbocycles. The van der Waals surface area contributed by atoms with Crippen molar-refractivity contribution in [2.24, 2.45) is 11.8 Å². The van der Waals surface area contributed by atoms with E-state index < -0.39 is 11.2 Å². The molecular formula is C22H32N4O4. The van der Waals surface area contributed by atoms with Gasteiger partial charge in [0.15, 0.2) is 5.69 Å². The third-order valence-corrected chi connectivity index (χ3v) is 4.68. The first-order valence-corrected chi connectivity index (χ1v) is 10.2. The minimum Gasteiger partial charge on any atom is -0.496 e. The highest BCUT2D eigenvalue weighted by Gasteiger charge is 2.25. The second kappa shape index (κ2) is 10.1. The number of carbonyl (C=O) groups is 1. The summed E-state index contributed by atoms with van der Waals surface area (Å²) in [6.45, 7) is 8.46. The standard InChI is InChI=1S/C22H32N4O4/c1-14(2)12-25(18(27)11-10-16-8-6-7-9-17(16)30-5)19-20(23)26(13-15(3)4)22(29)24-21(19)28/h6-9,14-15H,10-13,23H2,1-5H3,(H,24,28,29). The number of nitrogens with two attached hydrogens (primary N) is 1. The van der Waals surface area contributed by atoms with Crippen LogP contribution >= 0.6 is 0 Å². The number of benzene rings is 1. The Labute approximate surface area is 176 Å². The van der Waals surface area contributed by atoms with Gasteiger partial charge in [0.1, 0.15) is 11.6 Å². The predicted octanol–water partition coefficient (Wildman–Crippen LogP) is 2.41. The van der Waals surface area contributed by atoms with E-state index in [4.69, 9.17) is 10.5 Å². The molecule has 3 N–H and O–H groups in total. The van der Waals surface area contributed by atoms with Gasteiger partial charge in [0.25, 0.3) is 5.56 Å². The molecule has 0 fully saturated rings. The van der Waals surface area contributed by atoms with Crippen molar-refractivity contribution in [3.63, 3.8) is 0 Å². The number of nitrogen functional groups attached to an aromatic ring is 1. The fourth-order valence-electron chi connectivity index (χ4n) is 3.35. The predicted molar refractivity (Wildman–Crippen MR) is 119 cm³/mol. The number of rotatable bonds is 9. The number of hydrogen-bond acceptors (Lipinski definition) is 5. The largest absolute Gasteiger partial charge is 0.496 e. The molecule has 8 nitrogen and oxygen atoms in total. The Morgan fingerprint density at radius 2 is 1.83 bits per heavy atom. The maximum absolute atomic E-state index is 13.2. The van der Waals surface area contributed by atoms with Crippen LogP contribution in [0.3, 0.4) is 0 Å². The van der Waals surface area contributed by atoms with E-state index in [1.807, 2.05) is 52.0 Å². The lowest BCUT2D eigenvalue weighted by Crippen LogP contribution is -2.43. The summed E-state index contributed by atoms with van der Waals surface area (Å²) in [6.07, 6.45) is 0.635. The van der Waals surface area contributed by atoms with Crippen LogP contribution in [0.4, 0.5) is 11.5 Å². The van der Waals surface area contributed by atoms with Crippen LogP contribution in [0.5, 0.6) is 5.75 Å². The van der Waals surface area contributed by atoms with Crippen LogP contribution in [0.25, 0.3) is 0 Å². The smallest absolute Gasteiger partial charge is 0.330 e. The number of H-pyrrole nitrogens is 1. The number of amides is 1. The van der Waals surface area contributed by atoms with Crippen LogP contribution < -0.4 is 26.6 Å². The molecule has 0 saturated heterocycles. The molecule has 2 aromatic rings. The Morgan fingerprint density at radius 1 is 1.17 bits per heavy atom. The van der Waals surface area contributed by atoms with E-state index in [1.165, 1.54) is 9.47 Å². The van der Waals surface area contributed by atoms with Gasteiger partial charge in [-0.15, -0.1) is 0 Å². The van der Waals surface area contributed by atoms with Gasteiger partial charge >= 0.3 is 5.69 Å². The molecule has 1 aromatic heterocycles. The molecule has 0 spiro atoms. The minimum atomic E-state index is -0.649. The average molecular weight is 417 g/mol. The molecule has 0 bridgehead atoms. The van der Waals surface area contributed by atoms with E-state index in [0.717, 1.165) is 5.56 Å². The number of carbonyl (C=O) groups excluding carboxylic acids is 1. The molecule has 0 unspecified atom stereocenters. The van der Waals surface area contributed by atoms with E-state index in [2.05, 4.69) is 4.98 Å². The van der Waals surface area contributed by atoms with E-state index in [-0.39, 0.29) is 35.7 Å². The lowest BCUT2D eigenvalue weighted by atomic mass is 10.1. The molecule has 1 aromatic carbocycles. The first kappa shape index (κ1) is 23.3. The molecule has 2 rings (SSSR count). The first-order chi connectivity index (χ1) is 14.1. The summed E-state index contributed by atoms with van der Waals surface area (Å²) in [5.74, 6) is 0.738. The van der Waals surface area contributed by atoms with Crippen molar-refractivity contribution in [3.05, 3.63) is 50.7 Å². The molecule has 30 heavy (non-hydrogen) atoms. The maximum Gasteiger partial charge on any atom is 0.330 e. The van der Waals surface area contributed by atoms with Crippen LogP contribution in [0.1, 0.15) is 39.7 Å². The van der Waals surface area contributed by atoms with Gasteiger partial charge in [0.2, 0.25) is 5.91 Å². The lowest BCUT2D eigenvalue weighted by molar-refractivity contribution is -0.118. The number of ether oxygens (including phenoxy) is 1. The van der Waals surface area contributed by atoms with E-state index in [9.17, 15) is 14.4 Å². The number of aromatic nitrogens is 2. The Morgan fingerprint density at radius 3 is 2.43 bits per heavy atom. The summed E-state index contributed by atoms with van der Waals surface area (Å²) in [6, 6.07) is 7.51. The molecule has 1 amide bonds. The molecule has 0 aliphatic heterocycles. The van der Waals surface area contributed by atoms with E-state index in [1.54, 1.807) is 7.11 Å². The Bertz CT molecular complexity index is 991. The molecular weight excluding hydrogens is 384 g/mol. The van der Waals surface area contributed by atoms with Gasteiger partial charge in [0.05, 0.1) is 7.11 Å². The number of nitrogens with zero attached hydrogens (tertiary/aromatic N) is 2. The number of aromatic amines is 1. The summed E-state index contributed by atoms with van der Waals surface area (Å²) in [4.78, 5) is 41.8. The third kappa shape index (κ3) is 5.52. The minimum absolute atomic E-state index is 0.0174. The summed E-state index contributed by atoms with van der Waals surface area (Å²) in [5, 5.41) is 0. The second-order valence-corrected chi connectivity index (χ2v) is 8.21. The zero-order valence-electron chi connectivity index (χ0n) is 18.4. The molecule has 0 atom stereocenters. The van der Waals surface area contributed by atoms with Crippen LogP contribution in [0.2, 0.25) is 0 Å². The number of nitrogens with one attached hydrogen (secondary N) is 1. The topological polar surface area (TPSA) is 110 Å². The van der Waals surface area contributed by atoms with Crippen molar-refractivity contribution in [2.75, 3.05) is 24.3 Å². The Kier molecular flexibility index (Phi) is 7.86. The molecule has 1 heterocycles. The molecule has 0 radical (unpaired) electrons. The Balaban J connectivity index is 2.41. The van der Waals surface area contributed by atoms with Gasteiger partial charge in [-0.1, -0.05) is 45.9 Å². The number of para-hydroxylation sites is 1. The molecule has 164 valence electrons. The molecule has 0 saturated carbocycles. The van der Waals surface area contributed by atoms with Gasteiger partial charge in [0, 0.05) is 19.5 Å². The van der Waals surface area contributed by atoms with Crippen LogP contribution in [-0.2, 0) is 17.8 Å². The van der Waals surface area contributed by atoms with Gasteiger partial charge in [-0.05, 0) is 29.9 Å². The highest BCUT2D eigenvalue weighted by molar-refractivity contribution is 5.95. The SMILES string of the molecule is COc1ccccc1CCC(=O)N(CC(C)C)c1c(N)n(CC(C)C)c(=O)[nH]c1=O. The van der Waals surface area contributed by atoms with Crippen LogP contribution in [0.15, 0.2) is 33.9 Å². The zero-order chi connectivity index (χ0) is 22.4. The van der Waals surface area contributed by atoms with Gasteiger partial charge in [-0.2, -0.15) is 0 Å². The normalized spacial score (nSPS) is 11.2. The summed E-state index contributed by atoms with van der Waals surface area (Å²) in [5.41, 5.74) is 5.95. The summed E-state index contributed by atoms with van der Waals surface area (Å²) >= 11 is 0. The highest BCUT2D eigenvalue weighted by atomic mass is 16.5. The fraction of sp³-hybridized carbons (Fsp3) is 0.500. The third-order valence-electron chi connectivity index (χ3n) is 4.68. The second-order valence-electron chi connectivity index (χ2n) is 8.21. The van der Waals surface area contributed by atoms with Gasteiger partial charge < -0.3 is 15.4 Å². The number of methoxy groups -OCH3 is 1. The van der Waals surface area contributed by atoms with Gasteiger partial charge in [-0.3, -0.25) is 19.1 Å². The highest BCUT2D eigenvalue weighted by Crippen LogP contribution is 2.23. The van der Waals surface area contributed by atoms with Crippen LogP contribution in [0, 0.1) is 11.8 Å². The lowest BCUT2D eigenvalue weighted by Gasteiger charge is -2.26. The van der Waals surface area contributed by atoms with Crippen molar-refractivity contribution in [3.8, 4) is 5.75 Å². The van der Waals surface area contributed by atoms with E-state index >= 15 is 0 Å². The first-order valence-electron chi connectivity index (χ1n) is 10.2. The maximum atomic E-state index is 13.2. The molecule has 8 heteroatoms. The van der Waals surface area contributed by atoms with Gasteiger partial charge in [-0.25, -0.2) is 4.79 Å². The number of anilines is 2. The van der Waals surface area contributed by atoms with E-state index in [0.29, 0.717) is 25.3 Å². The molecule has 0 aliphatic rings. The zero-order valence-corrected chi connectivity index (χ0v) is 18.4. The Hall–Kier alpha value is -3.03. The van der Waals surface area contributed by atoms with Crippen molar-refractivity contribution in [1.82, 2.24) is 9.55 Å². The summed E-state index contributed by atoms with van der Waals surface area (Å²) in [7, 11) is 1.59. The number of aryl methyl sites for hydroxylation is 1. The summed E-state index contributed by atoms with van der Waals surface area (Å²) < 4.78 is 6.68. The number of hydrogen-bond donors (Lipinski definition) is 2. The monoisotopic (exact) mass is 416 g/mol.